The number of alkyl halides is 1. The molecule has 0 radical (unpaired) electrons. The maximum absolute atomic E-state index is 10.9. The third-order valence-corrected chi connectivity index (χ3v) is 2.61. The van der Waals surface area contributed by atoms with Crippen molar-refractivity contribution in [1.29, 1.82) is 0 Å². The van der Waals surface area contributed by atoms with Crippen molar-refractivity contribution >= 4 is 28.5 Å². The van der Waals surface area contributed by atoms with E-state index in [1.54, 1.807) is 6.92 Å². The second kappa shape index (κ2) is 5.21. The minimum Gasteiger partial charge on any atom is -0.349 e. The highest BCUT2D eigenvalue weighted by Crippen LogP contribution is 2.14. The summed E-state index contributed by atoms with van der Waals surface area (Å²) in [7, 11) is 0. The molecule has 3 heteroatoms. The Morgan fingerprint density at radius 2 is 2.08 bits per heavy atom. The second-order valence-electron chi connectivity index (χ2n) is 2.82. The molecule has 0 saturated carbocycles. The lowest BCUT2D eigenvalue weighted by Gasteiger charge is -2.14. The maximum atomic E-state index is 10.9. The number of rotatable bonds is 3. The standard InChI is InChI=1S/C10H12INO/c1-8(13)12-10(7-11)9-5-3-2-4-6-9/h2-6,10H,7H2,1H3,(H,12,13). The van der Waals surface area contributed by atoms with Crippen LogP contribution >= 0.6 is 22.6 Å². The summed E-state index contributed by atoms with van der Waals surface area (Å²) in [5, 5.41) is 2.90. The fourth-order valence-corrected chi connectivity index (χ4v) is 1.87. The molecule has 1 unspecified atom stereocenters. The lowest BCUT2D eigenvalue weighted by Crippen LogP contribution is -2.26. The van der Waals surface area contributed by atoms with E-state index in [-0.39, 0.29) is 11.9 Å². The zero-order chi connectivity index (χ0) is 9.68. The molecule has 0 heterocycles. The zero-order valence-corrected chi connectivity index (χ0v) is 9.61. The number of amides is 1. The fourth-order valence-electron chi connectivity index (χ4n) is 1.14. The zero-order valence-electron chi connectivity index (χ0n) is 7.46. The molecule has 0 bridgehead atoms. The average molecular weight is 289 g/mol. The molecule has 1 atom stereocenters. The SMILES string of the molecule is CC(=O)NC(CI)c1ccccc1. The number of benzene rings is 1. The number of hydrogen-bond donors (Lipinski definition) is 1. The predicted octanol–water partition coefficient (Wildman–Crippen LogP) is 2.30. The van der Waals surface area contributed by atoms with Crippen LogP contribution in [-0.2, 0) is 4.79 Å². The third kappa shape index (κ3) is 3.34. The Labute approximate surface area is 91.9 Å². The third-order valence-electron chi connectivity index (χ3n) is 1.73. The molecule has 1 aromatic carbocycles. The quantitative estimate of drug-likeness (QED) is 0.671. The van der Waals surface area contributed by atoms with Crippen LogP contribution in [0.25, 0.3) is 0 Å². The van der Waals surface area contributed by atoms with Crippen LogP contribution in [0, 0.1) is 0 Å². The van der Waals surface area contributed by atoms with Crippen molar-refractivity contribution in [3.8, 4) is 0 Å². The van der Waals surface area contributed by atoms with Gasteiger partial charge in [0.2, 0.25) is 5.91 Å². The number of nitrogens with one attached hydrogen (secondary N) is 1. The Morgan fingerprint density at radius 1 is 1.46 bits per heavy atom. The van der Waals surface area contributed by atoms with Gasteiger partial charge in [-0.05, 0) is 5.56 Å². The van der Waals surface area contributed by atoms with Gasteiger partial charge in [-0.15, -0.1) is 0 Å². The van der Waals surface area contributed by atoms with Gasteiger partial charge < -0.3 is 5.32 Å². The number of halogens is 1. The summed E-state index contributed by atoms with van der Waals surface area (Å²) in [5.41, 5.74) is 1.16. The van der Waals surface area contributed by atoms with E-state index in [4.69, 9.17) is 0 Å². The van der Waals surface area contributed by atoms with Crippen LogP contribution in [0.2, 0.25) is 0 Å². The van der Waals surface area contributed by atoms with Crippen LogP contribution in [0.1, 0.15) is 18.5 Å². The Kier molecular flexibility index (Phi) is 4.21. The molecule has 0 aliphatic carbocycles. The van der Waals surface area contributed by atoms with Gasteiger partial charge in [-0.1, -0.05) is 52.9 Å². The highest BCUT2D eigenvalue weighted by molar-refractivity contribution is 14.1. The van der Waals surface area contributed by atoms with Crippen molar-refractivity contribution in [1.82, 2.24) is 5.32 Å². The molecule has 0 fully saturated rings. The van der Waals surface area contributed by atoms with Gasteiger partial charge in [0.05, 0.1) is 6.04 Å². The first kappa shape index (κ1) is 10.5. The lowest BCUT2D eigenvalue weighted by molar-refractivity contribution is -0.119. The van der Waals surface area contributed by atoms with Gasteiger partial charge in [-0.3, -0.25) is 4.79 Å². The van der Waals surface area contributed by atoms with Gasteiger partial charge in [0.25, 0.3) is 0 Å². The summed E-state index contributed by atoms with van der Waals surface area (Å²) in [5.74, 6) is 0.0190. The van der Waals surface area contributed by atoms with Gasteiger partial charge in [-0.25, -0.2) is 0 Å². The van der Waals surface area contributed by atoms with Crippen molar-refractivity contribution in [2.45, 2.75) is 13.0 Å². The summed E-state index contributed by atoms with van der Waals surface area (Å²) in [6.07, 6.45) is 0. The van der Waals surface area contributed by atoms with E-state index in [0.29, 0.717) is 0 Å². The van der Waals surface area contributed by atoms with E-state index in [0.717, 1.165) is 9.99 Å². The first-order valence-electron chi connectivity index (χ1n) is 4.12. The molecule has 0 aliphatic rings. The Hall–Kier alpha value is -0.580. The summed E-state index contributed by atoms with van der Waals surface area (Å²) in [6.45, 7) is 1.54. The smallest absolute Gasteiger partial charge is 0.217 e. The summed E-state index contributed by atoms with van der Waals surface area (Å²) in [6, 6.07) is 10.1. The molecular formula is C10H12INO. The van der Waals surface area contributed by atoms with Gasteiger partial charge in [0.1, 0.15) is 0 Å². The molecule has 2 nitrogen and oxygen atoms in total. The average Bonchev–Trinajstić information content (AvgIpc) is 2.15. The molecule has 1 rings (SSSR count). The Morgan fingerprint density at radius 3 is 2.54 bits per heavy atom. The highest BCUT2D eigenvalue weighted by Gasteiger charge is 2.09. The first-order valence-corrected chi connectivity index (χ1v) is 5.64. The van der Waals surface area contributed by atoms with Crippen molar-refractivity contribution < 1.29 is 4.79 Å². The van der Waals surface area contributed by atoms with Gasteiger partial charge in [0, 0.05) is 11.4 Å². The molecule has 0 saturated heterocycles. The van der Waals surface area contributed by atoms with Gasteiger partial charge in [0.15, 0.2) is 0 Å². The molecule has 1 N–H and O–H groups in total. The van der Waals surface area contributed by atoms with E-state index in [1.165, 1.54) is 0 Å². The predicted molar refractivity (Wildman–Crippen MR) is 61.9 cm³/mol. The van der Waals surface area contributed by atoms with Crippen LogP contribution in [0.3, 0.4) is 0 Å². The minimum atomic E-state index is 0.0190. The molecule has 0 aliphatic heterocycles. The first-order chi connectivity index (χ1) is 6.24. The van der Waals surface area contributed by atoms with E-state index in [1.807, 2.05) is 30.3 Å². The molecule has 0 aromatic heterocycles. The highest BCUT2D eigenvalue weighted by atomic mass is 127. The van der Waals surface area contributed by atoms with E-state index in [2.05, 4.69) is 27.9 Å². The van der Waals surface area contributed by atoms with E-state index >= 15 is 0 Å². The van der Waals surface area contributed by atoms with Crippen LogP contribution in [0.4, 0.5) is 0 Å². The molecule has 1 aromatic rings. The van der Waals surface area contributed by atoms with Crippen molar-refractivity contribution in [3.05, 3.63) is 35.9 Å². The van der Waals surface area contributed by atoms with Crippen LogP contribution in [-0.4, -0.2) is 10.3 Å². The Balaban J connectivity index is 2.73. The van der Waals surface area contributed by atoms with E-state index in [9.17, 15) is 4.79 Å². The normalized spacial score (nSPS) is 12.2. The topological polar surface area (TPSA) is 29.1 Å². The van der Waals surface area contributed by atoms with Crippen LogP contribution in [0.15, 0.2) is 30.3 Å². The largest absolute Gasteiger partial charge is 0.349 e. The molecule has 13 heavy (non-hydrogen) atoms. The van der Waals surface area contributed by atoms with Gasteiger partial charge >= 0.3 is 0 Å². The number of carbonyl (C=O) groups is 1. The molecule has 0 spiro atoms. The van der Waals surface area contributed by atoms with Crippen molar-refractivity contribution in [2.24, 2.45) is 0 Å². The Bertz CT molecular complexity index is 274. The van der Waals surface area contributed by atoms with Crippen LogP contribution < -0.4 is 5.32 Å². The summed E-state index contributed by atoms with van der Waals surface area (Å²) in [4.78, 5) is 10.9. The van der Waals surface area contributed by atoms with Crippen LogP contribution in [0.5, 0.6) is 0 Å². The maximum Gasteiger partial charge on any atom is 0.217 e. The fraction of sp³-hybridized carbons (Fsp3) is 0.300. The number of hydrogen-bond acceptors (Lipinski definition) is 1. The van der Waals surface area contributed by atoms with Crippen molar-refractivity contribution in [3.63, 3.8) is 0 Å². The minimum absolute atomic E-state index is 0.0190. The summed E-state index contributed by atoms with van der Waals surface area (Å²) >= 11 is 2.27. The van der Waals surface area contributed by atoms with E-state index < -0.39 is 0 Å². The summed E-state index contributed by atoms with van der Waals surface area (Å²) < 4.78 is 0.890. The molecule has 1 amide bonds. The van der Waals surface area contributed by atoms with Gasteiger partial charge in [-0.2, -0.15) is 0 Å². The van der Waals surface area contributed by atoms with Crippen molar-refractivity contribution in [2.75, 3.05) is 4.43 Å². The molecular weight excluding hydrogens is 277 g/mol. The molecule has 70 valence electrons. The lowest BCUT2D eigenvalue weighted by atomic mass is 10.1. The number of carbonyl (C=O) groups excluding carboxylic acids is 1. The monoisotopic (exact) mass is 289 g/mol. The second-order valence-corrected chi connectivity index (χ2v) is 3.70.